The molecule has 0 atom stereocenters. The first-order chi connectivity index (χ1) is 9.78. The van der Waals surface area contributed by atoms with E-state index in [1.54, 1.807) is 7.11 Å². The molecule has 20 heavy (non-hydrogen) atoms. The Hall–Kier alpha value is -1.35. The van der Waals surface area contributed by atoms with Gasteiger partial charge in [-0.25, -0.2) is 0 Å². The molecule has 0 radical (unpaired) electrons. The van der Waals surface area contributed by atoms with Gasteiger partial charge in [-0.2, -0.15) is 0 Å². The van der Waals surface area contributed by atoms with Crippen molar-refractivity contribution in [3.8, 4) is 27.1 Å². The number of hydrogen-bond donors (Lipinski definition) is 0. The molecule has 2 nitrogen and oxygen atoms in total. The Labute approximate surface area is 132 Å². The minimum absolute atomic E-state index is 0.247. The van der Waals surface area contributed by atoms with Gasteiger partial charge in [0.1, 0.15) is 0 Å². The molecule has 0 saturated heterocycles. The molecule has 0 aliphatic rings. The summed E-state index contributed by atoms with van der Waals surface area (Å²) < 4.78 is 7.62. The molecule has 0 unspecified atom stereocenters. The Morgan fingerprint density at radius 1 is 1.05 bits per heavy atom. The van der Waals surface area contributed by atoms with Gasteiger partial charge in [0.25, 0.3) is 0 Å². The standard InChI is InChI=1S/C16H12BrNOSe/c1-19-15-5-3-2-4-13(15)16-18-14(10-20-16)11-6-8-12(17)9-7-11/h2-10H,1H3. The van der Waals surface area contributed by atoms with Crippen LogP contribution in [0.2, 0.25) is 0 Å². The zero-order valence-corrected chi connectivity index (χ0v) is 14.1. The van der Waals surface area contributed by atoms with Crippen molar-refractivity contribution in [1.29, 1.82) is 0 Å². The molecular formula is C16H12BrNOSe. The maximum atomic E-state index is 5.41. The van der Waals surface area contributed by atoms with E-state index < -0.39 is 0 Å². The van der Waals surface area contributed by atoms with Crippen molar-refractivity contribution in [2.24, 2.45) is 0 Å². The monoisotopic (exact) mass is 393 g/mol. The number of rotatable bonds is 3. The fourth-order valence-corrected chi connectivity index (χ4v) is 4.04. The molecule has 0 aliphatic heterocycles. The van der Waals surface area contributed by atoms with E-state index in [2.05, 4.69) is 39.1 Å². The second kappa shape index (κ2) is 5.96. The van der Waals surface area contributed by atoms with Crippen molar-refractivity contribution in [3.63, 3.8) is 0 Å². The number of aromatic nitrogens is 1. The van der Waals surface area contributed by atoms with Crippen molar-refractivity contribution in [2.45, 2.75) is 0 Å². The molecule has 3 rings (SSSR count). The van der Waals surface area contributed by atoms with Gasteiger partial charge in [-0.05, 0) is 0 Å². The van der Waals surface area contributed by atoms with Crippen LogP contribution in [0.4, 0.5) is 0 Å². The topological polar surface area (TPSA) is 22.1 Å². The third-order valence-corrected chi connectivity index (χ3v) is 5.35. The van der Waals surface area contributed by atoms with Gasteiger partial charge in [-0.3, -0.25) is 0 Å². The van der Waals surface area contributed by atoms with Crippen molar-refractivity contribution < 1.29 is 4.74 Å². The van der Waals surface area contributed by atoms with Crippen LogP contribution in [0, 0.1) is 0 Å². The van der Waals surface area contributed by atoms with Gasteiger partial charge < -0.3 is 0 Å². The molecule has 1 heterocycles. The predicted octanol–water partition coefficient (Wildman–Crippen LogP) is 4.24. The number of methoxy groups -OCH3 is 1. The average Bonchev–Trinajstić information content (AvgIpc) is 2.97. The van der Waals surface area contributed by atoms with E-state index in [-0.39, 0.29) is 14.5 Å². The molecule has 0 bridgehead atoms. The number of nitrogens with zero attached hydrogens (tertiary/aromatic N) is 1. The summed E-state index contributed by atoms with van der Waals surface area (Å²) in [4.78, 5) is 7.00. The van der Waals surface area contributed by atoms with E-state index in [4.69, 9.17) is 9.72 Å². The first-order valence-electron chi connectivity index (χ1n) is 6.13. The molecule has 0 spiro atoms. The van der Waals surface area contributed by atoms with Gasteiger partial charge in [-0.15, -0.1) is 0 Å². The molecule has 0 N–H and O–H groups in total. The SMILES string of the molecule is COc1ccccc1-c1nc(-c2ccc(Br)cc2)c[se]1. The molecule has 100 valence electrons. The Balaban J connectivity index is 2.00. The second-order valence-electron chi connectivity index (χ2n) is 4.25. The zero-order valence-electron chi connectivity index (χ0n) is 10.8. The Bertz CT molecular complexity index is 721. The van der Waals surface area contributed by atoms with Gasteiger partial charge in [0.05, 0.1) is 0 Å². The summed E-state index contributed by atoms with van der Waals surface area (Å²) in [6, 6.07) is 16.3. The van der Waals surface area contributed by atoms with Crippen LogP contribution < -0.4 is 4.74 Å². The molecule has 3 aromatic rings. The second-order valence-corrected chi connectivity index (χ2v) is 6.96. The average molecular weight is 393 g/mol. The van der Waals surface area contributed by atoms with Crippen molar-refractivity contribution in [3.05, 3.63) is 57.9 Å². The zero-order chi connectivity index (χ0) is 13.9. The van der Waals surface area contributed by atoms with Crippen LogP contribution >= 0.6 is 15.9 Å². The van der Waals surface area contributed by atoms with E-state index in [0.717, 1.165) is 31.6 Å². The third-order valence-electron chi connectivity index (χ3n) is 2.98. The van der Waals surface area contributed by atoms with Crippen molar-refractivity contribution >= 4 is 30.4 Å². The summed E-state index contributed by atoms with van der Waals surface area (Å²) in [5, 5.41) is 0. The number of benzene rings is 2. The van der Waals surface area contributed by atoms with Crippen LogP contribution in [0.15, 0.2) is 57.9 Å². The van der Waals surface area contributed by atoms with Crippen molar-refractivity contribution in [2.75, 3.05) is 7.11 Å². The van der Waals surface area contributed by atoms with E-state index in [1.807, 2.05) is 30.3 Å². The van der Waals surface area contributed by atoms with Gasteiger partial charge in [-0.1, -0.05) is 0 Å². The molecule has 1 aromatic heterocycles. The number of hydrogen-bond acceptors (Lipinski definition) is 2. The molecule has 0 aliphatic carbocycles. The Morgan fingerprint density at radius 2 is 1.80 bits per heavy atom. The summed E-state index contributed by atoms with van der Waals surface area (Å²) in [5.41, 5.74) is 3.30. The van der Waals surface area contributed by atoms with E-state index in [0.29, 0.717) is 0 Å². The maximum absolute atomic E-state index is 5.41. The first-order valence-corrected chi connectivity index (χ1v) is 8.76. The fourth-order valence-electron chi connectivity index (χ4n) is 1.97. The Kier molecular flexibility index (Phi) is 4.06. The first kappa shape index (κ1) is 13.6. The van der Waals surface area contributed by atoms with Crippen LogP contribution in [-0.2, 0) is 0 Å². The van der Waals surface area contributed by atoms with Crippen LogP contribution in [0.3, 0.4) is 0 Å². The Morgan fingerprint density at radius 3 is 2.55 bits per heavy atom. The summed E-state index contributed by atoms with van der Waals surface area (Å²) in [5.74, 6) is 0.888. The van der Waals surface area contributed by atoms with Gasteiger partial charge in [0.2, 0.25) is 0 Å². The van der Waals surface area contributed by atoms with E-state index in [9.17, 15) is 0 Å². The summed E-state index contributed by atoms with van der Waals surface area (Å²) in [6.45, 7) is 0. The van der Waals surface area contributed by atoms with Crippen LogP contribution in [-0.4, -0.2) is 26.6 Å². The van der Waals surface area contributed by atoms with Crippen LogP contribution in [0.1, 0.15) is 0 Å². The molecule has 0 fully saturated rings. The van der Waals surface area contributed by atoms with Crippen LogP contribution in [0.5, 0.6) is 5.75 Å². The number of halogens is 1. The van der Waals surface area contributed by atoms with Gasteiger partial charge in [0, 0.05) is 0 Å². The van der Waals surface area contributed by atoms with Gasteiger partial charge >= 0.3 is 132 Å². The molecule has 4 heteroatoms. The minimum atomic E-state index is 0.247. The quantitative estimate of drug-likeness (QED) is 0.621. The normalized spacial score (nSPS) is 10.5. The molecule has 2 aromatic carbocycles. The van der Waals surface area contributed by atoms with E-state index in [1.165, 1.54) is 0 Å². The summed E-state index contributed by atoms with van der Waals surface area (Å²) >= 11 is 3.70. The fraction of sp³-hybridized carbons (Fsp3) is 0.0625. The number of para-hydroxylation sites is 1. The third kappa shape index (κ3) is 2.73. The summed E-state index contributed by atoms with van der Waals surface area (Å²) in [7, 11) is 1.70. The molecular weight excluding hydrogens is 381 g/mol. The van der Waals surface area contributed by atoms with Crippen molar-refractivity contribution in [1.82, 2.24) is 4.98 Å². The predicted molar refractivity (Wildman–Crippen MR) is 86.3 cm³/mol. The van der Waals surface area contributed by atoms with Gasteiger partial charge in [0.15, 0.2) is 0 Å². The van der Waals surface area contributed by atoms with Crippen LogP contribution in [0.25, 0.3) is 21.4 Å². The number of ether oxygens (including phenoxy) is 1. The summed E-state index contributed by atoms with van der Waals surface area (Å²) in [6.07, 6.45) is 0. The van der Waals surface area contributed by atoms with E-state index >= 15 is 0 Å². The molecule has 0 saturated carbocycles. The molecule has 0 amide bonds.